The molecule has 0 fully saturated rings. The van der Waals surface area contributed by atoms with Gasteiger partial charge in [0, 0.05) is 21.5 Å². The Hall–Kier alpha value is -1.40. The fraction of sp³-hybridized carbons (Fsp3) is 0.222. The molecule has 2 rings (SSSR count). The van der Waals surface area contributed by atoms with E-state index in [1.807, 2.05) is 0 Å². The van der Waals surface area contributed by atoms with Crippen molar-refractivity contribution in [3.63, 3.8) is 0 Å². The third kappa shape index (κ3) is 5.81. The zero-order chi connectivity index (χ0) is 19.1. The average molecular weight is 433 g/mol. The molecule has 8 heteroatoms. The van der Waals surface area contributed by atoms with Crippen molar-refractivity contribution in [2.45, 2.75) is 12.7 Å². The molecule has 1 amide bonds. The van der Waals surface area contributed by atoms with Crippen LogP contribution in [0.3, 0.4) is 0 Å². The Kier molecular flexibility index (Phi) is 8.10. The van der Waals surface area contributed by atoms with E-state index in [1.165, 1.54) is 17.8 Å². The molecule has 138 valence electrons. The number of halogens is 3. The van der Waals surface area contributed by atoms with Crippen molar-refractivity contribution in [2.24, 2.45) is 0 Å². The smallest absolute Gasteiger partial charge is 0.339 e. The van der Waals surface area contributed by atoms with E-state index in [-0.39, 0.29) is 28.9 Å². The molecule has 2 aromatic rings. The van der Waals surface area contributed by atoms with Gasteiger partial charge in [0.1, 0.15) is 0 Å². The Morgan fingerprint density at radius 1 is 1.08 bits per heavy atom. The molecule has 0 aliphatic carbocycles. The third-order valence-electron chi connectivity index (χ3n) is 3.29. The van der Waals surface area contributed by atoms with Crippen LogP contribution < -0.4 is 5.32 Å². The summed E-state index contributed by atoms with van der Waals surface area (Å²) in [6.07, 6.45) is 0. The van der Waals surface area contributed by atoms with Gasteiger partial charge in [0.15, 0.2) is 0 Å². The van der Waals surface area contributed by atoms with Crippen molar-refractivity contribution in [3.8, 4) is 0 Å². The van der Waals surface area contributed by atoms with Crippen LogP contribution in [0, 0.1) is 0 Å². The number of hydrogen-bond acceptors (Lipinski definition) is 4. The van der Waals surface area contributed by atoms with Crippen molar-refractivity contribution >= 4 is 64.1 Å². The van der Waals surface area contributed by atoms with Crippen LogP contribution in [0.4, 0.5) is 5.69 Å². The first kappa shape index (κ1) is 20.9. The van der Waals surface area contributed by atoms with Gasteiger partial charge in [-0.3, -0.25) is 4.79 Å². The maximum atomic E-state index is 12.1. The summed E-state index contributed by atoms with van der Waals surface area (Å²) in [5.74, 6) is -0.0221. The topological polar surface area (TPSA) is 55.4 Å². The first-order valence-electron chi connectivity index (χ1n) is 7.69. The van der Waals surface area contributed by atoms with Gasteiger partial charge in [-0.15, -0.1) is 11.8 Å². The molecule has 0 aromatic heterocycles. The van der Waals surface area contributed by atoms with Crippen molar-refractivity contribution in [3.05, 3.63) is 62.6 Å². The lowest BCUT2D eigenvalue weighted by atomic mass is 10.2. The quantitative estimate of drug-likeness (QED) is 0.571. The molecule has 0 bridgehead atoms. The van der Waals surface area contributed by atoms with Gasteiger partial charge < -0.3 is 10.1 Å². The molecule has 26 heavy (non-hydrogen) atoms. The Morgan fingerprint density at radius 3 is 2.42 bits per heavy atom. The third-order valence-corrected chi connectivity index (χ3v) is 5.28. The zero-order valence-corrected chi connectivity index (χ0v) is 16.9. The van der Waals surface area contributed by atoms with Crippen LogP contribution in [0.1, 0.15) is 22.8 Å². The molecule has 0 radical (unpaired) electrons. The zero-order valence-electron chi connectivity index (χ0n) is 13.9. The molecule has 0 aliphatic heterocycles. The number of esters is 1. The summed E-state index contributed by atoms with van der Waals surface area (Å²) in [7, 11) is 0. The summed E-state index contributed by atoms with van der Waals surface area (Å²) in [6, 6.07) is 9.95. The van der Waals surface area contributed by atoms with Gasteiger partial charge in [0.25, 0.3) is 0 Å². The van der Waals surface area contributed by atoms with Crippen LogP contribution in [-0.4, -0.2) is 24.2 Å². The highest BCUT2D eigenvalue weighted by Crippen LogP contribution is 2.28. The normalized spacial score (nSPS) is 10.5. The SMILES string of the molecule is CCOC(=O)c1cc(NC(=O)CSCc2c(Cl)cccc2Cl)ccc1Cl. The van der Waals surface area contributed by atoms with Gasteiger partial charge in [0.2, 0.25) is 5.91 Å². The molecule has 0 saturated heterocycles. The molecule has 2 aromatic carbocycles. The van der Waals surface area contributed by atoms with Crippen molar-refractivity contribution in [1.29, 1.82) is 0 Å². The highest BCUT2D eigenvalue weighted by Gasteiger charge is 2.13. The van der Waals surface area contributed by atoms with Crippen molar-refractivity contribution in [2.75, 3.05) is 17.7 Å². The number of carbonyl (C=O) groups is 2. The number of amides is 1. The maximum Gasteiger partial charge on any atom is 0.339 e. The molecule has 4 nitrogen and oxygen atoms in total. The van der Waals surface area contributed by atoms with E-state index < -0.39 is 5.97 Å². The molecule has 0 spiro atoms. The second kappa shape index (κ2) is 10.1. The minimum atomic E-state index is -0.531. The lowest BCUT2D eigenvalue weighted by Gasteiger charge is -2.09. The van der Waals surface area contributed by atoms with E-state index in [1.54, 1.807) is 37.3 Å². The van der Waals surface area contributed by atoms with Gasteiger partial charge >= 0.3 is 5.97 Å². The first-order chi connectivity index (χ1) is 12.4. The summed E-state index contributed by atoms with van der Waals surface area (Å²) >= 11 is 19.6. The van der Waals surface area contributed by atoms with Crippen LogP contribution >= 0.6 is 46.6 Å². The van der Waals surface area contributed by atoms with Crippen molar-refractivity contribution in [1.82, 2.24) is 0 Å². The summed E-state index contributed by atoms with van der Waals surface area (Å²) in [6.45, 7) is 1.95. The first-order valence-corrected chi connectivity index (χ1v) is 9.98. The summed E-state index contributed by atoms with van der Waals surface area (Å²) in [5.41, 5.74) is 1.48. The Morgan fingerprint density at radius 2 is 1.77 bits per heavy atom. The average Bonchev–Trinajstić information content (AvgIpc) is 2.59. The second-order valence-electron chi connectivity index (χ2n) is 5.16. The van der Waals surface area contributed by atoms with E-state index >= 15 is 0 Å². The molecule has 1 N–H and O–H groups in total. The molecule has 0 atom stereocenters. The highest BCUT2D eigenvalue weighted by atomic mass is 35.5. The standard InChI is InChI=1S/C18H16Cl3NO3S/c1-2-25-18(24)12-8-11(6-7-16(12)21)22-17(23)10-26-9-13-14(19)4-3-5-15(13)20/h3-8H,2,9-10H2,1H3,(H,22,23). The van der Waals surface area contributed by atoms with E-state index in [2.05, 4.69) is 5.32 Å². The van der Waals surface area contributed by atoms with Gasteiger partial charge in [-0.2, -0.15) is 0 Å². The summed E-state index contributed by atoms with van der Waals surface area (Å²) in [5, 5.41) is 4.14. The number of thioether (sulfide) groups is 1. The fourth-order valence-corrected chi connectivity index (χ4v) is 3.84. The number of benzene rings is 2. The minimum Gasteiger partial charge on any atom is -0.462 e. The van der Waals surface area contributed by atoms with Gasteiger partial charge in [-0.1, -0.05) is 40.9 Å². The number of ether oxygens (including phenoxy) is 1. The monoisotopic (exact) mass is 431 g/mol. The van der Waals surface area contributed by atoms with Gasteiger partial charge in [0.05, 0.1) is 22.9 Å². The number of hydrogen-bond donors (Lipinski definition) is 1. The predicted molar refractivity (Wildman–Crippen MR) is 109 cm³/mol. The van der Waals surface area contributed by atoms with E-state index in [9.17, 15) is 9.59 Å². The van der Waals surface area contributed by atoms with Crippen molar-refractivity contribution < 1.29 is 14.3 Å². The van der Waals surface area contributed by atoms with E-state index in [0.717, 1.165) is 5.56 Å². The number of anilines is 1. The lowest BCUT2D eigenvalue weighted by Crippen LogP contribution is -2.15. The van der Waals surface area contributed by atoms with Gasteiger partial charge in [-0.25, -0.2) is 4.79 Å². The van der Waals surface area contributed by atoms with Crippen LogP contribution in [0.15, 0.2) is 36.4 Å². The molecular formula is C18H16Cl3NO3S. The summed E-state index contributed by atoms with van der Waals surface area (Å²) in [4.78, 5) is 24.0. The Labute approximate surface area is 171 Å². The van der Waals surface area contributed by atoms with E-state index in [0.29, 0.717) is 21.5 Å². The van der Waals surface area contributed by atoms with Crippen LogP contribution in [0.5, 0.6) is 0 Å². The molecule has 0 aliphatic rings. The Balaban J connectivity index is 1.93. The predicted octanol–water partition coefficient (Wildman–Crippen LogP) is 5.70. The summed E-state index contributed by atoms with van der Waals surface area (Å²) < 4.78 is 4.94. The van der Waals surface area contributed by atoms with E-state index in [4.69, 9.17) is 39.5 Å². The maximum absolute atomic E-state index is 12.1. The van der Waals surface area contributed by atoms with Crippen LogP contribution in [0.2, 0.25) is 15.1 Å². The highest BCUT2D eigenvalue weighted by molar-refractivity contribution is 7.99. The van der Waals surface area contributed by atoms with Crippen LogP contribution in [0.25, 0.3) is 0 Å². The molecular weight excluding hydrogens is 417 g/mol. The molecule has 0 heterocycles. The number of rotatable bonds is 7. The second-order valence-corrected chi connectivity index (χ2v) is 7.36. The van der Waals surface area contributed by atoms with Crippen LogP contribution in [-0.2, 0) is 15.3 Å². The lowest BCUT2D eigenvalue weighted by molar-refractivity contribution is -0.113. The van der Waals surface area contributed by atoms with Gasteiger partial charge in [-0.05, 0) is 42.8 Å². The minimum absolute atomic E-state index is 0.207. The Bertz CT molecular complexity index is 794. The molecule has 0 unspecified atom stereocenters. The number of carbonyl (C=O) groups excluding carboxylic acids is 2. The largest absolute Gasteiger partial charge is 0.462 e. The molecule has 0 saturated carbocycles. The fourth-order valence-electron chi connectivity index (χ4n) is 2.08. The number of nitrogens with one attached hydrogen (secondary N) is 1.